The van der Waals surface area contributed by atoms with Gasteiger partial charge in [0.05, 0.1) is 11.5 Å². The molecule has 0 saturated heterocycles. The number of benzene rings is 3. The van der Waals surface area contributed by atoms with E-state index in [0.29, 0.717) is 12.2 Å². The van der Waals surface area contributed by atoms with Gasteiger partial charge in [-0.25, -0.2) is 0 Å². The van der Waals surface area contributed by atoms with Gasteiger partial charge in [-0.1, -0.05) is 54.6 Å². The number of nitrogens with two attached hydrogens (primary N) is 1. The van der Waals surface area contributed by atoms with Crippen LogP contribution in [0.5, 0.6) is 0 Å². The summed E-state index contributed by atoms with van der Waals surface area (Å²) in [6.07, 6.45) is 0. The molecule has 3 aromatic rings. The zero-order valence-corrected chi connectivity index (χ0v) is 17.1. The minimum absolute atomic E-state index is 0.168. The molecule has 0 heterocycles. The number of anilines is 2. The molecule has 3 rings (SSSR count). The van der Waals surface area contributed by atoms with Crippen LogP contribution in [0.2, 0.25) is 0 Å². The molecule has 0 aromatic heterocycles. The molecule has 154 valence electrons. The first kappa shape index (κ1) is 22.4. The minimum Gasteiger partial charge on any atom is -0.398 e. The molecule has 7 heteroatoms. The zero-order chi connectivity index (χ0) is 21.3. The quantitative estimate of drug-likeness (QED) is 0.421. The lowest BCUT2D eigenvalue weighted by Gasteiger charge is -2.24. The first-order valence-corrected chi connectivity index (χ1v) is 10.5. The number of aliphatic hydroxyl groups excluding tert-OH is 1. The number of para-hydroxylation sites is 1. The van der Waals surface area contributed by atoms with Crippen molar-refractivity contribution in [2.45, 2.75) is 18.4 Å². The highest BCUT2D eigenvalue weighted by Crippen LogP contribution is 2.17. The first-order chi connectivity index (χ1) is 13.8. The number of rotatable bonds is 6. The van der Waals surface area contributed by atoms with Crippen molar-refractivity contribution < 1.29 is 18.1 Å². The Balaban J connectivity index is 0.000000221. The highest BCUT2D eigenvalue weighted by Gasteiger charge is 2.09. The summed E-state index contributed by atoms with van der Waals surface area (Å²) in [4.78, 5) is 2.00. The molecule has 0 amide bonds. The van der Waals surface area contributed by atoms with Gasteiger partial charge in [0.15, 0.2) is 0 Å². The third-order valence-electron chi connectivity index (χ3n) is 4.26. The number of hydrogen-bond acceptors (Lipinski definition) is 5. The highest BCUT2D eigenvalue weighted by molar-refractivity contribution is 7.85. The van der Waals surface area contributed by atoms with Crippen molar-refractivity contribution in [1.29, 1.82) is 0 Å². The third-order valence-corrected chi connectivity index (χ3v) is 5.11. The normalized spacial score (nSPS) is 10.7. The molecule has 0 saturated carbocycles. The fourth-order valence-corrected chi connectivity index (χ4v) is 3.16. The van der Waals surface area contributed by atoms with Gasteiger partial charge in [0.25, 0.3) is 10.1 Å². The molecule has 0 fully saturated rings. The molecule has 0 spiro atoms. The van der Waals surface area contributed by atoms with Crippen molar-refractivity contribution >= 4 is 21.5 Å². The Morgan fingerprint density at radius 3 is 2.03 bits per heavy atom. The minimum atomic E-state index is -4.12. The van der Waals surface area contributed by atoms with Gasteiger partial charge in [0.1, 0.15) is 0 Å². The second kappa shape index (κ2) is 10.6. The molecular weight excluding hydrogens is 388 g/mol. The summed E-state index contributed by atoms with van der Waals surface area (Å²) in [6.45, 7) is 3.40. The Bertz CT molecular complexity index is 994. The number of nitrogen functional groups attached to an aromatic ring is 1. The van der Waals surface area contributed by atoms with E-state index in [-0.39, 0.29) is 11.5 Å². The van der Waals surface area contributed by atoms with Gasteiger partial charge in [-0.3, -0.25) is 4.55 Å². The standard InChI is InChI=1S/C15H17NO.C7H9NO3S/c17-12-11-16(15-9-5-2-6-10-15)13-14-7-3-1-4-8-14;1-5-2-3-6(4-7(5)8)12(9,10)11/h1-10,17H,11-13H2;2-4H,8H2,1H3,(H,9,10,11). The molecular formula is C22H26N2O4S. The van der Waals surface area contributed by atoms with Crippen molar-refractivity contribution in [2.75, 3.05) is 23.8 Å². The Morgan fingerprint density at radius 2 is 1.52 bits per heavy atom. The summed E-state index contributed by atoms with van der Waals surface area (Å²) in [5.41, 5.74) is 8.97. The van der Waals surface area contributed by atoms with Gasteiger partial charge in [0, 0.05) is 24.5 Å². The largest absolute Gasteiger partial charge is 0.398 e. The lowest BCUT2D eigenvalue weighted by atomic mass is 10.2. The topological polar surface area (TPSA) is 104 Å². The number of aryl methyl sites for hydroxylation is 1. The van der Waals surface area contributed by atoms with Crippen LogP contribution in [-0.2, 0) is 16.7 Å². The smallest absolute Gasteiger partial charge is 0.294 e. The van der Waals surface area contributed by atoms with E-state index in [1.165, 1.54) is 17.7 Å². The van der Waals surface area contributed by atoms with Crippen molar-refractivity contribution in [1.82, 2.24) is 0 Å². The van der Waals surface area contributed by atoms with Gasteiger partial charge in [0.2, 0.25) is 0 Å². The van der Waals surface area contributed by atoms with E-state index in [4.69, 9.17) is 15.4 Å². The van der Waals surface area contributed by atoms with Crippen LogP contribution in [0, 0.1) is 6.92 Å². The van der Waals surface area contributed by atoms with Crippen molar-refractivity contribution in [3.63, 3.8) is 0 Å². The molecule has 6 nitrogen and oxygen atoms in total. The van der Waals surface area contributed by atoms with Crippen LogP contribution >= 0.6 is 0 Å². The summed E-state index contributed by atoms with van der Waals surface area (Å²) in [5.74, 6) is 0. The van der Waals surface area contributed by atoms with Gasteiger partial charge in [-0.05, 0) is 42.3 Å². The van der Waals surface area contributed by atoms with Crippen LogP contribution in [0.1, 0.15) is 11.1 Å². The fourth-order valence-electron chi connectivity index (χ4n) is 2.64. The van der Waals surface area contributed by atoms with E-state index in [9.17, 15) is 8.42 Å². The maximum absolute atomic E-state index is 10.6. The molecule has 0 aliphatic rings. The Morgan fingerprint density at radius 1 is 0.931 bits per heavy atom. The molecule has 0 bridgehead atoms. The van der Waals surface area contributed by atoms with Crippen LogP contribution in [0.3, 0.4) is 0 Å². The lowest BCUT2D eigenvalue weighted by molar-refractivity contribution is 0.301. The predicted octanol–water partition coefficient (Wildman–Crippen LogP) is 3.51. The van der Waals surface area contributed by atoms with E-state index >= 15 is 0 Å². The molecule has 4 N–H and O–H groups in total. The Hall–Kier alpha value is -2.87. The second-order valence-corrected chi connectivity index (χ2v) is 7.88. The SMILES string of the molecule is Cc1ccc(S(=O)(=O)O)cc1N.OCCN(Cc1ccccc1)c1ccccc1. The third kappa shape index (κ3) is 7.23. The van der Waals surface area contributed by atoms with E-state index < -0.39 is 10.1 Å². The zero-order valence-electron chi connectivity index (χ0n) is 16.3. The van der Waals surface area contributed by atoms with Crippen LogP contribution in [0.25, 0.3) is 0 Å². The summed E-state index contributed by atoms with van der Waals surface area (Å²) in [5, 5.41) is 9.13. The maximum Gasteiger partial charge on any atom is 0.294 e. The van der Waals surface area contributed by atoms with Crippen LogP contribution < -0.4 is 10.6 Å². The van der Waals surface area contributed by atoms with Gasteiger partial charge in [-0.15, -0.1) is 0 Å². The number of hydrogen-bond donors (Lipinski definition) is 3. The predicted molar refractivity (Wildman–Crippen MR) is 116 cm³/mol. The Kier molecular flexibility index (Phi) is 8.21. The van der Waals surface area contributed by atoms with Crippen molar-refractivity contribution in [2.24, 2.45) is 0 Å². The molecule has 29 heavy (non-hydrogen) atoms. The van der Waals surface area contributed by atoms with Gasteiger partial charge < -0.3 is 15.7 Å². The lowest BCUT2D eigenvalue weighted by Crippen LogP contribution is -2.25. The number of aliphatic hydroxyl groups is 1. The van der Waals surface area contributed by atoms with Gasteiger partial charge in [-0.2, -0.15) is 8.42 Å². The average Bonchev–Trinajstić information content (AvgIpc) is 2.71. The van der Waals surface area contributed by atoms with E-state index in [1.807, 2.05) is 36.4 Å². The van der Waals surface area contributed by atoms with Crippen molar-refractivity contribution in [3.8, 4) is 0 Å². The summed E-state index contributed by atoms with van der Waals surface area (Å²) >= 11 is 0. The first-order valence-electron chi connectivity index (χ1n) is 9.09. The van der Waals surface area contributed by atoms with E-state index in [0.717, 1.165) is 17.8 Å². The summed E-state index contributed by atoms with van der Waals surface area (Å²) in [7, 11) is -4.12. The monoisotopic (exact) mass is 414 g/mol. The summed E-state index contributed by atoms with van der Waals surface area (Å²) < 4.78 is 29.8. The van der Waals surface area contributed by atoms with E-state index in [1.54, 1.807) is 13.0 Å². The van der Waals surface area contributed by atoms with E-state index in [2.05, 4.69) is 29.2 Å². The molecule has 3 aromatic carbocycles. The maximum atomic E-state index is 10.6. The molecule has 0 radical (unpaired) electrons. The van der Waals surface area contributed by atoms with Crippen LogP contribution in [0.4, 0.5) is 11.4 Å². The molecule has 0 unspecified atom stereocenters. The van der Waals surface area contributed by atoms with Crippen molar-refractivity contribution in [3.05, 3.63) is 90.0 Å². The number of nitrogens with zero attached hydrogens (tertiary/aromatic N) is 1. The fraction of sp³-hybridized carbons (Fsp3) is 0.182. The average molecular weight is 415 g/mol. The van der Waals surface area contributed by atoms with Crippen LogP contribution in [-0.4, -0.2) is 31.2 Å². The summed E-state index contributed by atoms with van der Waals surface area (Å²) in [6, 6.07) is 24.6. The second-order valence-electron chi connectivity index (χ2n) is 6.46. The molecule has 0 aliphatic heterocycles. The van der Waals surface area contributed by atoms with Crippen LogP contribution in [0.15, 0.2) is 83.8 Å². The highest BCUT2D eigenvalue weighted by atomic mass is 32.2. The molecule has 0 aliphatic carbocycles. The molecule has 0 atom stereocenters. The van der Waals surface area contributed by atoms with Gasteiger partial charge >= 0.3 is 0 Å². The Labute approximate surface area is 172 Å².